The first-order valence-electron chi connectivity index (χ1n) is 5.77. The molecule has 1 saturated heterocycles. The lowest BCUT2D eigenvalue weighted by Gasteiger charge is -2.37. The Balaban J connectivity index is 1.91. The Hall–Kier alpha value is -0.300. The molecule has 1 fully saturated rings. The maximum absolute atomic E-state index is 2.68. The molecule has 74 valence electrons. The lowest BCUT2D eigenvalue weighted by atomic mass is 9.95. The van der Waals surface area contributed by atoms with Crippen molar-refractivity contribution in [1.82, 2.24) is 4.90 Å². The van der Waals surface area contributed by atoms with E-state index in [1.54, 1.807) is 0 Å². The van der Waals surface area contributed by atoms with Crippen LogP contribution in [-0.2, 0) is 0 Å². The third-order valence-corrected chi connectivity index (χ3v) is 3.39. The van der Waals surface area contributed by atoms with Gasteiger partial charge in [-0.05, 0) is 44.6 Å². The molecular formula is C12H21N. The Morgan fingerprint density at radius 1 is 1.23 bits per heavy atom. The van der Waals surface area contributed by atoms with Gasteiger partial charge >= 0.3 is 0 Å². The molecule has 0 aromatic rings. The summed E-state index contributed by atoms with van der Waals surface area (Å²) in [6.07, 6.45) is 11.7. The number of rotatable bonds is 1. The molecule has 0 aromatic heterocycles. The number of piperidine rings is 1. The van der Waals surface area contributed by atoms with E-state index >= 15 is 0 Å². The van der Waals surface area contributed by atoms with Crippen LogP contribution in [0.1, 0.15) is 39.0 Å². The van der Waals surface area contributed by atoms with Gasteiger partial charge in [-0.2, -0.15) is 0 Å². The summed E-state index contributed by atoms with van der Waals surface area (Å²) in [5.74, 6) is 0.920. The highest BCUT2D eigenvalue weighted by Crippen LogP contribution is 2.22. The topological polar surface area (TPSA) is 3.24 Å². The second-order valence-electron chi connectivity index (χ2n) is 4.67. The monoisotopic (exact) mass is 179 g/mol. The lowest BCUT2D eigenvalue weighted by Crippen LogP contribution is -2.41. The minimum absolute atomic E-state index is 0.775. The van der Waals surface area contributed by atoms with Crippen LogP contribution in [0.25, 0.3) is 0 Å². The zero-order valence-corrected chi connectivity index (χ0v) is 8.71. The van der Waals surface area contributed by atoms with Crippen LogP contribution in [0.2, 0.25) is 0 Å². The first-order chi connectivity index (χ1) is 6.36. The molecule has 2 aliphatic rings. The summed E-state index contributed by atoms with van der Waals surface area (Å²) in [6, 6.07) is 0.775. The van der Waals surface area contributed by atoms with E-state index < -0.39 is 0 Å². The third kappa shape index (κ3) is 2.34. The van der Waals surface area contributed by atoms with Crippen molar-refractivity contribution in [2.24, 2.45) is 5.92 Å². The third-order valence-electron chi connectivity index (χ3n) is 3.39. The molecule has 1 heterocycles. The quantitative estimate of drug-likeness (QED) is 0.559. The molecule has 1 aliphatic carbocycles. The van der Waals surface area contributed by atoms with Gasteiger partial charge in [0.25, 0.3) is 0 Å². The van der Waals surface area contributed by atoms with Crippen molar-refractivity contribution in [3.63, 3.8) is 0 Å². The molecule has 2 atom stereocenters. The molecule has 0 bridgehead atoms. The highest BCUT2D eigenvalue weighted by Gasteiger charge is 2.22. The van der Waals surface area contributed by atoms with Gasteiger partial charge in [0.1, 0.15) is 0 Å². The van der Waals surface area contributed by atoms with E-state index in [1.165, 1.54) is 45.2 Å². The number of nitrogens with zero attached hydrogens (tertiary/aromatic N) is 1. The van der Waals surface area contributed by atoms with Crippen LogP contribution >= 0.6 is 0 Å². The zero-order valence-electron chi connectivity index (χ0n) is 8.71. The van der Waals surface area contributed by atoms with Gasteiger partial charge in [0.05, 0.1) is 0 Å². The van der Waals surface area contributed by atoms with Crippen molar-refractivity contribution >= 4 is 0 Å². The number of hydrogen-bond donors (Lipinski definition) is 0. The molecule has 2 rings (SSSR count). The molecule has 0 radical (unpaired) electrons. The average Bonchev–Trinajstić information content (AvgIpc) is 2.19. The van der Waals surface area contributed by atoms with E-state index in [4.69, 9.17) is 0 Å². The van der Waals surface area contributed by atoms with Crippen LogP contribution in [0.15, 0.2) is 12.2 Å². The fraction of sp³-hybridized carbons (Fsp3) is 0.833. The smallest absolute Gasteiger partial charge is 0.0278 e. The average molecular weight is 179 g/mol. The van der Waals surface area contributed by atoms with Gasteiger partial charge in [-0.1, -0.05) is 19.1 Å². The molecule has 1 heteroatoms. The maximum Gasteiger partial charge on any atom is 0.0278 e. The summed E-state index contributed by atoms with van der Waals surface area (Å²) in [5, 5.41) is 0. The SMILES string of the molecule is C[C@H]1CCCN(C2C=CCCC2)C1. The van der Waals surface area contributed by atoms with Gasteiger partial charge < -0.3 is 0 Å². The summed E-state index contributed by atoms with van der Waals surface area (Å²) in [7, 11) is 0. The summed E-state index contributed by atoms with van der Waals surface area (Å²) in [5.41, 5.74) is 0. The second kappa shape index (κ2) is 4.28. The van der Waals surface area contributed by atoms with E-state index in [9.17, 15) is 0 Å². The lowest BCUT2D eigenvalue weighted by molar-refractivity contribution is 0.143. The largest absolute Gasteiger partial charge is 0.297 e. The fourth-order valence-corrected chi connectivity index (χ4v) is 2.63. The number of likely N-dealkylation sites (tertiary alicyclic amines) is 1. The zero-order chi connectivity index (χ0) is 9.10. The predicted octanol–water partition coefficient (Wildman–Crippen LogP) is 2.83. The van der Waals surface area contributed by atoms with Crippen LogP contribution < -0.4 is 0 Å². The minimum Gasteiger partial charge on any atom is -0.297 e. The van der Waals surface area contributed by atoms with Crippen LogP contribution in [0.5, 0.6) is 0 Å². The number of hydrogen-bond acceptors (Lipinski definition) is 1. The summed E-state index contributed by atoms with van der Waals surface area (Å²) in [4.78, 5) is 2.68. The first kappa shape index (κ1) is 9.26. The summed E-state index contributed by atoms with van der Waals surface area (Å²) >= 11 is 0. The predicted molar refractivity (Wildman–Crippen MR) is 56.8 cm³/mol. The first-order valence-corrected chi connectivity index (χ1v) is 5.77. The van der Waals surface area contributed by atoms with E-state index in [1.807, 2.05) is 0 Å². The molecule has 13 heavy (non-hydrogen) atoms. The van der Waals surface area contributed by atoms with Crippen molar-refractivity contribution in [2.45, 2.75) is 45.1 Å². The van der Waals surface area contributed by atoms with E-state index in [2.05, 4.69) is 24.0 Å². The van der Waals surface area contributed by atoms with E-state index in [0.717, 1.165) is 12.0 Å². The molecule has 1 unspecified atom stereocenters. The van der Waals surface area contributed by atoms with E-state index in [0.29, 0.717) is 0 Å². The normalized spacial score (nSPS) is 36.4. The Morgan fingerprint density at radius 2 is 2.15 bits per heavy atom. The van der Waals surface area contributed by atoms with Crippen molar-refractivity contribution in [2.75, 3.05) is 13.1 Å². The van der Waals surface area contributed by atoms with Crippen molar-refractivity contribution in [1.29, 1.82) is 0 Å². The Bertz CT molecular complexity index is 186. The number of allylic oxidation sites excluding steroid dienone is 1. The molecule has 0 N–H and O–H groups in total. The van der Waals surface area contributed by atoms with Gasteiger partial charge in [0.2, 0.25) is 0 Å². The van der Waals surface area contributed by atoms with Crippen LogP contribution in [-0.4, -0.2) is 24.0 Å². The second-order valence-corrected chi connectivity index (χ2v) is 4.67. The molecule has 0 spiro atoms. The Morgan fingerprint density at radius 3 is 2.85 bits per heavy atom. The van der Waals surface area contributed by atoms with Crippen LogP contribution in [0.3, 0.4) is 0 Å². The molecule has 0 aromatic carbocycles. The summed E-state index contributed by atoms with van der Waals surface area (Å²) in [6.45, 7) is 5.05. The van der Waals surface area contributed by atoms with Gasteiger partial charge in [-0.3, -0.25) is 4.90 Å². The van der Waals surface area contributed by atoms with Gasteiger partial charge in [0.15, 0.2) is 0 Å². The molecule has 1 nitrogen and oxygen atoms in total. The Labute approximate surface area is 81.8 Å². The molecule has 1 aliphatic heterocycles. The van der Waals surface area contributed by atoms with Crippen LogP contribution in [0.4, 0.5) is 0 Å². The molecular weight excluding hydrogens is 158 g/mol. The highest BCUT2D eigenvalue weighted by atomic mass is 15.2. The summed E-state index contributed by atoms with van der Waals surface area (Å²) < 4.78 is 0. The van der Waals surface area contributed by atoms with E-state index in [-0.39, 0.29) is 0 Å². The molecule has 0 amide bonds. The Kier molecular flexibility index (Phi) is 3.05. The van der Waals surface area contributed by atoms with Crippen molar-refractivity contribution < 1.29 is 0 Å². The van der Waals surface area contributed by atoms with Crippen molar-refractivity contribution in [3.8, 4) is 0 Å². The van der Waals surface area contributed by atoms with Gasteiger partial charge in [-0.25, -0.2) is 0 Å². The van der Waals surface area contributed by atoms with Crippen molar-refractivity contribution in [3.05, 3.63) is 12.2 Å². The molecule has 0 saturated carbocycles. The highest BCUT2D eigenvalue weighted by molar-refractivity contribution is 4.99. The maximum atomic E-state index is 2.68. The standard InChI is InChI=1S/C12H21N/c1-11-6-5-9-13(10-11)12-7-3-2-4-8-12/h3,7,11-12H,2,4-6,8-10H2,1H3/t11-,12?/m0/s1. The van der Waals surface area contributed by atoms with Gasteiger partial charge in [0, 0.05) is 12.6 Å². The minimum atomic E-state index is 0.775. The van der Waals surface area contributed by atoms with Gasteiger partial charge in [-0.15, -0.1) is 0 Å². The fourth-order valence-electron chi connectivity index (χ4n) is 2.63. The van der Waals surface area contributed by atoms with Crippen LogP contribution in [0, 0.1) is 5.92 Å².